The third kappa shape index (κ3) is 3.16. The van der Waals surface area contributed by atoms with E-state index in [0.717, 1.165) is 44.1 Å². The maximum atomic E-state index is 13.4. The maximum absolute atomic E-state index is 13.4. The Bertz CT molecular complexity index is 433. The van der Waals surface area contributed by atoms with Gasteiger partial charge in [0.2, 0.25) is 0 Å². The predicted octanol–water partition coefficient (Wildman–Crippen LogP) is 2.11. The van der Waals surface area contributed by atoms with Crippen LogP contribution in [0.4, 0.5) is 10.1 Å². The summed E-state index contributed by atoms with van der Waals surface area (Å²) in [6.07, 6.45) is 2.11. The largest absolute Gasteiger partial charge is 0.490 e. The van der Waals surface area contributed by atoms with Gasteiger partial charge in [-0.25, -0.2) is 4.39 Å². The van der Waals surface area contributed by atoms with Gasteiger partial charge in [0, 0.05) is 18.5 Å². The monoisotopic (exact) mass is 254 g/mol. The van der Waals surface area contributed by atoms with Crippen molar-refractivity contribution in [2.24, 2.45) is 5.92 Å². The lowest BCUT2D eigenvalue weighted by atomic mass is 10.0. The van der Waals surface area contributed by atoms with E-state index in [1.807, 2.05) is 0 Å². The molecular weight excluding hydrogens is 239 g/mol. The second-order valence-corrected chi connectivity index (χ2v) is 4.40. The average Bonchev–Trinajstić information content (AvgIpc) is 2.38. The molecule has 98 valence electrons. The van der Waals surface area contributed by atoms with Crippen LogP contribution in [0.5, 0.6) is 5.75 Å². The minimum atomic E-state index is -0.565. The van der Waals surface area contributed by atoms with Gasteiger partial charge in [-0.1, -0.05) is 0 Å². The first-order valence-corrected chi connectivity index (χ1v) is 5.94. The van der Waals surface area contributed by atoms with E-state index in [9.17, 15) is 14.5 Å². The maximum Gasteiger partial charge on any atom is 0.273 e. The fraction of sp³-hybridized carbons (Fsp3) is 0.500. The highest BCUT2D eigenvalue weighted by molar-refractivity contribution is 5.39. The zero-order valence-electron chi connectivity index (χ0n) is 9.89. The Morgan fingerprint density at radius 2 is 2.39 bits per heavy atom. The summed E-state index contributed by atoms with van der Waals surface area (Å²) in [5.41, 5.74) is -0.159. The molecule has 1 N–H and O–H groups in total. The molecular formula is C12H15FN2O3. The first-order valence-electron chi connectivity index (χ1n) is 5.94. The molecule has 1 fully saturated rings. The SMILES string of the molecule is O=[N+]([O-])c1ccc(F)c(OC[C@H]2CCCNC2)c1. The first-order chi connectivity index (χ1) is 8.66. The van der Waals surface area contributed by atoms with E-state index in [0.29, 0.717) is 12.5 Å². The summed E-state index contributed by atoms with van der Waals surface area (Å²) < 4.78 is 18.8. The van der Waals surface area contributed by atoms with Gasteiger partial charge in [-0.05, 0) is 25.5 Å². The lowest BCUT2D eigenvalue weighted by Gasteiger charge is -2.22. The van der Waals surface area contributed by atoms with E-state index in [-0.39, 0.29) is 11.4 Å². The Morgan fingerprint density at radius 1 is 1.56 bits per heavy atom. The van der Waals surface area contributed by atoms with Gasteiger partial charge in [-0.3, -0.25) is 10.1 Å². The third-order valence-electron chi connectivity index (χ3n) is 3.00. The third-order valence-corrected chi connectivity index (χ3v) is 3.00. The van der Waals surface area contributed by atoms with Crippen LogP contribution >= 0.6 is 0 Å². The van der Waals surface area contributed by atoms with E-state index in [4.69, 9.17) is 4.74 Å². The van der Waals surface area contributed by atoms with E-state index in [1.54, 1.807) is 0 Å². The highest BCUT2D eigenvalue weighted by atomic mass is 19.1. The van der Waals surface area contributed by atoms with Gasteiger partial charge in [0.25, 0.3) is 5.69 Å². The van der Waals surface area contributed by atoms with Gasteiger partial charge in [0.1, 0.15) is 0 Å². The van der Waals surface area contributed by atoms with Gasteiger partial charge in [0.05, 0.1) is 17.6 Å². The molecule has 1 saturated heterocycles. The van der Waals surface area contributed by atoms with Crippen molar-refractivity contribution in [2.75, 3.05) is 19.7 Å². The van der Waals surface area contributed by atoms with Gasteiger partial charge in [-0.15, -0.1) is 0 Å². The van der Waals surface area contributed by atoms with Gasteiger partial charge < -0.3 is 10.1 Å². The highest BCUT2D eigenvalue weighted by Gasteiger charge is 2.16. The fourth-order valence-corrected chi connectivity index (χ4v) is 1.99. The number of ether oxygens (including phenoxy) is 1. The quantitative estimate of drug-likeness (QED) is 0.660. The van der Waals surface area contributed by atoms with Crippen molar-refractivity contribution in [3.05, 3.63) is 34.1 Å². The summed E-state index contributed by atoms with van der Waals surface area (Å²) in [6.45, 7) is 2.23. The molecule has 0 unspecified atom stereocenters. The van der Waals surface area contributed by atoms with E-state index in [2.05, 4.69) is 5.32 Å². The van der Waals surface area contributed by atoms with Gasteiger partial charge >= 0.3 is 0 Å². The molecule has 1 heterocycles. The van der Waals surface area contributed by atoms with Gasteiger partial charge in [0.15, 0.2) is 11.6 Å². The predicted molar refractivity (Wildman–Crippen MR) is 64.1 cm³/mol. The summed E-state index contributed by atoms with van der Waals surface area (Å²) in [5.74, 6) is -0.281. The molecule has 0 spiro atoms. The normalized spacial score (nSPS) is 19.5. The minimum absolute atomic E-state index is 0.0465. The molecule has 0 aliphatic carbocycles. The average molecular weight is 254 g/mol. The van der Waals surface area contributed by atoms with Crippen molar-refractivity contribution < 1.29 is 14.1 Å². The number of piperidine rings is 1. The van der Waals surface area contributed by atoms with Gasteiger partial charge in [-0.2, -0.15) is 0 Å². The molecule has 2 rings (SSSR count). The Morgan fingerprint density at radius 3 is 3.06 bits per heavy atom. The molecule has 1 aliphatic rings. The van der Waals surface area contributed by atoms with Crippen molar-refractivity contribution >= 4 is 5.69 Å². The van der Waals surface area contributed by atoms with E-state index in [1.165, 1.54) is 0 Å². The molecule has 0 radical (unpaired) electrons. The first kappa shape index (κ1) is 12.8. The minimum Gasteiger partial charge on any atom is -0.490 e. The zero-order valence-corrected chi connectivity index (χ0v) is 9.89. The van der Waals surface area contributed by atoms with Crippen LogP contribution in [-0.2, 0) is 0 Å². The molecule has 0 amide bonds. The van der Waals surface area contributed by atoms with Crippen LogP contribution < -0.4 is 10.1 Å². The molecule has 1 atom stereocenters. The number of hydrogen-bond donors (Lipinski definition) is 1. The summed E-state index contributed by atoms with van der Waals surface area (Å²) in [6, 6.07) is 3.32. The summed E-state index contributed by atoms with van der Waals surface area (Å²) in [7, 11) is 0. The van der Waals surface area contributed by atoms with Crippen molar-refractivity contribution in [3.63, 3.8) is 0 Å². The molecule has 6 heteroatoms. The highest BCUT2D eigenvalue weighted by Crippen LogP contribution is 2.24. The molecule has 0 aromatic heterocycles. The molecule has 0 saturated carbocycles. The number of nitrogens with one attached hydrogen (secondary N) is 1. The fourth-order valence-electron chi connectivity index (χ4n) is 1.99. The summed E-state index contributed by atoms with van der Waals surface area (Å²) in [4.78, 5) is 10.0. The Hall–Kier alpha value is -1.69. The second-order valence-electron chi connectivity index (χ2n) is 4.40. The van der Waals surface area contributed by atoms with E-state index >= 15 is 0 Å². The summed E-state index contributed by atoms with van der Waals surface area (Å²) >= 11 is 0. The van der Waals surface area contributed by atoms with Crippen molar-refractivity contribution in [2.45, 2.75) is 12.8 Å². The van der Waals surface area contributed by atoms with Crippen molar-refractivity contribution in [1.82, 2.24) is 5.32 Å². The van der Waals surface area contributed by atoms with Crippen LogP contribution in [0.15, 0.2) is 18.2 Å². The lowest BCUT2D eigenvalue weighted by molar-refractivity contribution is -0.385. The number of nitrogens with zero attached hydrogens (tertiary/aromatic N) is 1. The second kappa shape index (κ2) is 5.77. The smallest absolute Gasteiger partial charge is 0.273 e. The standard InChI is InChI=1S/C12H15FN2O3/c13-11-4-3-10(15(16)17)6-12(11)18-8-9-2-1-5-14-7-9/h3-4,6,9,14H,1-2,5,7-8H2/t9-/m0/s1. The molecule has 1 aromatic rings. The number of nitro benzene ring substituents is 1. The molecule has 5 nitrogen and oxygen atoms in total. The topological polar surface area (TPSA) is 64.4 Å². The Labute approximate surface area is 104 Å². The number of non-ortho nitro benzene ring substituents is 1. The molecule has 1 aromatic carbocycles. The summed E-state index contributed by atoms with van der Waals surface area (Å²) in [5, 5.41) is 13.8. The number of hydrogen-bond acceptors (Lipinski definition) is 4. The van der Waals surface area contributed by atoms with Crippen molar-refractivity contribution in [1.29, 1.82) is 0 Å². The van der Waals surface area contributed by atoms with Crippen LogP contribution in [0.3, 0.4) is 0 Å². The Balaban J connectivity index is 1.99. The molecule has 18 heavy (non-hydrogen) atoms. The zero-order chi connectivity index (χ0) is 13.0. The van der Waals surface area contributed by atoms with Crippen LogP contribution in [0, 0.1) is 21.8 Å². The molecule has 0 bridgehead atoms. The number of benzene rings is 1. The van der Waals surface area contributed by atoms with Crippen LogP contribution in [0.25, 0.3) is 0 Å². The Kier molecular flexibility index (Phi) is 4.09. The number of nitro groups is 1. The number of halogens is 1. The lowest BCUT2D eigenvalue weighted by Crippen LogP contribution is -2.33. The van der Waals surface area contributed by atoms with Crippen LogP contribution in [-0.4, -0.2) is 24.6 Å². The number of rotatable bonds is 4. The van der Waals surface area contributed by atoms with Crippen LogP contribution in [0.2, 0.25) is 0 Å². The van der Waals surface area contributed by atoms with E-state index < -0.39 is 10.7 Å². The van der Waals surface area contributed by atoms with Crippen LogP contribution in [0.1, 0.15) is 12.8 Å². The molecule has 1 aliphatic heterocycles. The van der Waals surface area contributed by atoms with Crippen molar-refractivity contribution in [3.8, 4) is 5.75 Å².